The molecule has 2 N–H and O–H groups in total. The Morgan fingerprint density at radius 2 is 1.40 bits per heavy atom. The molecular formula is C21H29ClFNO. The van der Waals surface area contributed by atoms with Gasteiger partial charge in [-0.25, -0.2) is 4.39 Å². The van der Waals surface area contributed by atoms with Crippen LogP contribution in [0.1, 0.15) is 51.2 Å². The Labute approximate surface area is 155 Å². The summed E-state index contributed by atoms with van der Waals surface area (Å²) in [6, 6.07) is 17.8. The van der Waals surface area contributed by atoms with Crippen molar-refractivity contribution in [1.29, 1.82) is 0 Å². The van der Waals surface area contributed by atoms with Crippen LogP contribution < -0.4 is 0 Å². The molecule has 0 heterocycles. The van der Waals surface area contributed by atoms with Crippen LogP contribution in [0.2, 0.25) is 0 Å². The summed E-state index contributed by atoms with van der Waals surface area (Å²) in [5, 5.41) is 0. The van der Waals surface area contributed by atoms with Gasteiger partial charge in [0.1, 0.15) is 5.82 Å². The molecule has 0 saturated heterocycles. The van der Waals surface area contributed by atoms with Crippen molar-refractivity contribution in [2.24, 2.45) is 0 Å². The Kier molecular flexibility index (Phi) is 8.57. The van der Waals surface area contributed by atoms with Gasteiger partial charge in [-0.3, -0.25) is 4.90 Å². The van der Waals surface area contributed by atoms with Crippen LogP contribution in [0, 0.1) is 5.82 Å². The van der Waals surface area contributed by atoms with Crippen molar-refractivity contribution in [2.75, 3.05) is 0 Å². The second-order valence-corrected chi connectivity index (χ2v) is 7.29. The predicted molar refractivity (Wildman–Crippen MR) is 105 cm³/mol. The number of hydrogen-bond acceptors (Lipinski definition) is 1. The zero-order chi connectivity index (χ0) is 17.7. The molecule has 0 aliphatic rings. The topological polar surface area (TPSA) is 34.7 Å². The highest BCUT2D eigenvalue weighted by atomic mass is 35.5. The standard InChI is InChI=1S/C21H27ClFN.H2O/c1-15(2)24(16(3)4)21(22)14-19(17-10-6-5-7-11-17)18-12-8-9-13-20(18)23;/h5-13,15-16,19,21H,14H2,1-4H3;1H2. The van der Waals surface area contributed by atoms with E-state index < -0.39 is 0 Å². The normalized spacial score (nSPS) is 13.8. The van der Waals surface area contributed by atoms with Gasteiger partial charge in [0.2, 0.25) is 0 Å². The first-order valence-electron chi connectivity index (χ1n) is 8.62. The predicted octanol–water partition coefficient (Wildman–Crippen LogP) is 5.21. The lowest BCUT2D eigenvalue weighted by atomic mass is 9.87. The molecule has 0 saturated carbocycles. The maximum absolute atomic E-state index is 14.4. The number of halogens is 2. The fourth-order valence-electron chi connectivity index (χ4n) is 3.45. The monoisotopic (exact) mass is 365 g/mol. The summed E-state index contributed by atoms with van der Waals surface area (Å²) < 4.78 is 14.4. The van der Waals surface area contributed by atoms with E-state index >= 15 is 0 Å². The van der Waals surface area contributed by atoms with E-state index in [1.165, 1.54) is 6.07 Å². The molecule has 0 spiro atoms. The fraction of sp³-hybridized carbons (Fsp3) is 0.429. The summed E-state index contributed by atoms with van der Waals surface area (Å²) in [6.45, 7) is 8.60. The molecule has 0 aliphatic heterocycles. The zero-order valence-corrected chi connectivity index (χ0v) is 16.2. The number of nitrogens with zero attached hydrogens (tertiary/aromatic N) is 1. The Balaban J connectivity index is 0.00000312. The fourth-order valence-corrected chi connectivity index (χ4v) is 4.07. The molecule has 0 fully saturated rings. The lowest BCUT2D eigenvalue weighted by Crippen LogP contribution is -2.43. The van der Waals surface area contributed by atoms with Crippen molar-refractivity contribution in [3.05, 3.63) is 71.5 Å². The van der Waals surface area contributed by atoms with Crippen LogP contribution in [0.5, 0.6) is 0 Å². The molecule has 0 bridgehead atoms. The average molecular weight is 366 g/mol. The highest BCUT2D eigenvalue weighted by molar-refractivity contribution is 6.20. The van der Waals surface area contributed by atoms with Crippen molar-refractivity contribution in [1.82, 2.24) is 4.90 Å². The smallest absolute Gasteiger partial charge is 0.127 e. The maximum Gasteiger partial charge on any atom is 0.127 e. The van der Waals surface area contributed by atoms with Crippen molar-refractivity contribution in [3.63, 3.8) is 0 Å². The molecule has 138 valence electrons. The van der Waals surface area contributed by atoms with Crippen LogP contribution in [-0.2, 0) is 0 Å². The molecule has 0 amide bonds. The van der Waals surface area contributed by atoms with Crippen LogP contribution >= 0.6 is 11.6 Å². The second-order valence-electron chi connectivity index (χ2n) is 6.79. The van der Waals surface area contributed by atoms with Crippen LogP contribution in [0.4, 0.5) is 4.39 Å². The highest BCUT2D eigenvalue weighted by Gasteiger charge is 2.27. The number of rotatable bonds is 7. The van der Waals surface area contributed by atoms with Crippen LogP contribution in [0.25, 0.3) is 0 Å². The van der Waals surface area contributed by atoms with E-state index in [1.54, 1.807) is 6.07 Å². The number of alkyl halides is 1. The van der Waals surface area contributed by atoms with Crippen LogP contribution in [0.3, 0.4) is 0 Å². The minimum absolute atomic E-state index is 0. The summed E-state index contributed by atoms with van der Waals surface area (Å²) >= 11 is 6.79. The van der Waals surface area contributed by atoms with Crippen molar-refractivity contribution in [3.8, 4) is 0 Å². The summed E-state index contributed by atoms with van der Waals surface area (Å²) in [7, 11) is 0. The molecule has 2 rings (SSSR count). The lowest BCUT2D eigenvalue weighted by molar-refractivity contribution is 0.147. The number of benzene rings is 2. The molecule has 2 atom stereocenters. The Morgan fingerprint density at radius 3 is 1.92 bits per heavy atom. The zero-order valence-electron chi connectivity index (χ0n) is 15.4. The van der Waals surface area contributed by atoms with Crippen molar-refractivity contribution in [2.45, 2.75) is 57.6 Å². The van der Waals surface area contributed by atoms with Gasteiger partial charge in [-0.2, -0.15) is 0 Å². The second kappa shape index (κ2) is 9.91. The number of hydrogen-bond donors (Lipinski definition) is 0. The van der Waals surface area contributed by atoms with Gasteiger partial charge in [0, 0.05) is 18.0 Å². The first-order chi connectivity index (χ1) is 11.4. The van der Waals surface area contributed by atoms with Gasteiger partial charge in [0.15, 0.2) is 0 Å². The van der Waals surface area contributed by atoms with E-state index in [1.807, 2.05) is 30.3 Å². The van der Waals surface area contributed by atoms with Gasteiger partial charge in [-0.1, -0.05) is 48.5 Å². The van der Waals surface area contributed by atoms with Crippen LogP contribution in [-0.4, -0.2) is 28.0 Å². The van der Waals surface area contributed by atoms with Gasteiger partial charge in [-0.05, 0) is 51.3 Å². The van der Waals surface area contributed by atoms with E-state index in [4.69, 9.17) is 11.6 Å². The molecule has 25 heavy (non-hydrogen) atoms. The molecule has 0 aromatic heterocycles. The first kappa shape index (κ1) is 21.6. The van der Waals surface area contributed by atoms with Crippen LogP contribution in [0.15, 0.2) is 54.6 Å². The molecule has 4 heteroatoms. The van der Waals surface area contributed by atoms with Crippen molar-refractivity contribution >= 4 is 11.6 Å². The Morgan fingerprint density at radius 1 is 0.880 bits per heavy atom. The van der Waals surface area contributed by atoms with Gasteiger partial charge in [-0.15, -0.1) is 11.6 Å². The SMILES string of the molecule is CC(C)N(C(C)C)C(Cl)CC(c1ccccc1)c1ccccc1F.O. The summed E-state index contributed by atoms with van der Waals surface area (Å²) in [5.41, 5.74) is 1.65. The van der Waals surface area contributed by atoms with Crippen molar-refractivity contribution < 1.29 is 9.87 Å². The highest BCUT2D eigenvalue weighted by Crippen LogP contribution is 2.34. The molecular weight excluding hydrogens is 337 g/mol. The minimum Gasteiger partial charge on any atom is -0.412 e. The molecule has 0 radical (unpaired) electrons. The quantitative estimate of drug-likeness (QED) is 0.490. The summed E-state index contributed by atoms with van der Waals surface area (Å²) in [6.07, 6.45) is 0.670. The third-order valence-electron chi connectivity index (χ3n) is 4.43. The minimum atomic E-state index is -0.170. The largest absolute Gasteiger partial charge is 0.412 e. The Hall–Kier alpha value is -1.42. The maximum atomic E-state index is 14.4. The molecule has 2 nitrogen and oxygen atoms in total. The first-order valence-corrected chi connectivity index (χ1v) is 9.06. The summed E-state index contributed by atoms with van der Waals surface area (Å²) in [4.78, 5) is 2.28. The summed E-state index contributed by atoms with van der Waals surface area (Å²) in [5.74, 6) is -0.231. The molecule has 2 aromatic carbocycles. The van der Waals surface area contributed by atoms with E-state index in [0.29, 0.717) is 24.1 Å². The molecule has 2 aromatic rings. The van der Waals surface area contributed by atoms with Gasteiger partial charge < -0.3 is 5.48 Å². The van der Waals surface area contributed by atoms with Gasteiger partial charge in [0.25, 0.3) is 0 Å². The van der Waals surface area contributed by atoms with E-state index in [2.05, 4.69) is 44.7 Å². The third kappa shape index (κ3) is 5.53. The van der Waals surface area contributed by atoms with Gasteiger partial charge in [0.05, 0.1) is 5.50 Å². The van der Waals surface area contributed by atoms with E-state index in [0.717, 1.165) is 5.56 Å². The average Bonchev–Trinajstić information content (AvgIpc) is 2.53. The molecule has 0 aliphatic carbocycles. The lowest BCUT2D eigenvalue weighted by Gasteiger charge is -2.36. The van der Waals surface area contributed by atoms with Gasteiger partial charge >= 0.3 is 0 Å². The van der Waals surface area contributed by atoms with E-state index in [-0.39, 0.29) is 22.7 Å². The third-order valence-corrected chi connectivity index (χ3v) is 4.83. The Bertz CT molecular complexity index is 625. The molecule has 2 unspecified atom stereocenters. The van der Waals surface area contributed by atoms with E-state index in [9.17, 15) is 4.39 Å².